The Morgan fingerprint density at radius 2 is 1.27 bits per heavy atom. The van der Waals surface area contributed by atoms with Gasteiger partial charge in [-0.25, -0.2) is 0 Å². The van der Waals surface area contributed by atoms with Gasteiger partial charge in [-0.2, -0.15) is 0 Å². The summed E-state index contributed by atoms with van der Waals surface area (Å²) in [6.07, 6.45) is 0.871. The van der Waals surface area contributed by atoms with Gasteiger partial charge < -0.3 is 29.6 Å². The molecule has 0 aliphatic heterocycles. The molecule has 0 atom stereocenters. The summed E-state index contributed by atoms with van der Waals surface area (Å²) in [5.41, 5.74) is 0. The van der Waals surface area contributed by atoms with E-state index in [2.05, 4.69) is 10.6 Å². The Hall–Kier alpha value is -2.32. The minimum Gasteiger partial charge on any atom is -0.491 e. The van der Waals surface area contributed by atoms with Gasteiger partial charge in [0.1, 0.15) is 38.2 Å². The zero-order valence-electron chi connectivity index (χ0n) is 15.4. The van der Waals surface area contributed by atoms with Crippen molar-refractivity contribution in [1.82, 2.24) is 10.6 Å². The van der Waals surface area contributed by atoms with E-state index in [9.17, 15) is 9.59 Å². The van der Waals surface area contributed by atoms with Crippen molar-refractivity contribution in [3.05, 3.63) is 24.3 Å². The number of benzene rings is 1. The number of carbonyl (C=O) groups is 2. The number of rotatable bonds is 14. The second kappa shape index (κ2) is 13.9. The molecule has 2 amide bonds. The van der Waals surface area contributed by atoms with Crippen molar-refractivity contribution < 1.29 is 28.5 Å². The molecule has 0 fully saturated rings. The largest absolute Gasteiger partial charge is 0.491 e. The van der Waals surface area contributed by atoms with E-state index >= 15 is 0 Å². The van der Waals surface area contributed by atoms with E-state index in [1.807, 2.05) is 18.2 Å². The van der Waals surface area contributed by atoms with Crippen LogP contribution in [0.25, 0.3) is 0 Å². The normalized spacial score (nSPS) is 10.2. The number of nitrogens with one attached hydrogen (secondary N) is 2. The molecule has 8 heteroatoms. The van der Waals surface area contributed by atoms with Crippen LogP contribution in [0.4, 0.5) is 0 Å². The highest BCUT2D eigenvalue weighted by atomic mass is 16.5. The van der Waals surface area contributed by atoms with E-state index in [1.165, 1.54) is 0 Å². The minimum absolute atomic E-state index is 0.0486. The molecule has 0 spiro atoms. The highest BCUT2D eigenvalue weighted by molar-refractivity contribution is 5.75. The second-order valence-corrected chi connectivity index (χ2v) is 5.18. The second-order valence-electron chi connectivity index (χ2n) is 5.18. The van der Waals surface area contributed by atoms with Crippen molar-refractivity contribution in [2.24, 2.45) is 0 Å². The topological polar surface area (TPSA) is 95.1 Å². The molecule has 2 N–H and O–H groups in total. The summed E-state index contributed by atoms with van der Waals surface area (Å²) < 4.78 is 21.6. The van der Waals surface area contributed by atoms with Crippen LogP contribution >= 0.6 is 0 Å². The summed E-state index contributed by atoms with van der Waals surface area (Å²) in [5.74, 6) is 1.24. The molecule has 26 heavy (non-hydrogen) atoms. The van der Waals surface area contributed by atoms with E-state index in [1.54, 1.807) is 19.9 Å². The molecule has 0 unspecified atom stereocenters. The first-order valence-electron chi connectivity index (χ1n) is 8.70. The first-order valence-corrected chi connectivity index (χ1v) is 8.70. The predicted octanol–water partition coefficient (Wildman–Crippen LogP) is 1.44. The van der Waals surface area contributed by atoms with Crippen molar-refractivity contribution in [3.63, 3.8) is 0 Å². The Labute approximate surface area is 154 Å². The number of hydrogen-bond donors (Lipinski definition) is 2. The van der Waals surface area contributed by atoms with Gasteiger partial charge in [-0.15, -0.1) is 0 Å². The lowest BCUT2D eigenvalue weighted by molar-refractivity contribution is -0.123. The fourth-order valence-electron chi connectivity index (χ4n) is 1.75. The first-order chi connectivity index (χ1) is 12.7. The fourth-order valence-corrected chi connectivity index (χ4v) is 1.75. The highest BCUT2D eigenvalue weighted by Gasteiger charge is 2.00. The van der Waals surface area contributed by atoms with Crippen molar-refractivity contribution in [1.29, 1.82) is 0 Å². The van der Waals surface area contributed by atoms with Gasteiger partial charge in [0.05, 0.1) is 13.2 Å². The van der Waals surface area contributed by atoms with Gasteiger partial charge in [0.15, 0.2) is 0 Å². The van der Waals surface area contributed by atoms with Gasteiger partial charge in [-0.05, 0) is 12.1 Å². The third-order valence-electron chi connectivity index (χ3n) is 3.18. The summed E-state index contributed by atoms with van der Waals surface area (Å²) in [5, 5.41) is 5.23. The van der Waals surface area contributed by atoms with E-state index < -0.39 is 0 Å². The molecule has 0 saturated heterocycles. The molecule has 8 nitrogen and oxygen atoms in total. The Kier molecular flexibility index (Phi) is 11.6. The van der Waals surface area contributed by atoms with Crippen molar-refractivity contribution in [2.75, 3.05) is 39.9 Å². The average molecular weight is 368 g/mol. The summed E-state index contributed by atoms with van der Waals surface area (Å²) >= 11 is 0. The van der Waals surface area contributed by atoms with Crippen LogP contribution < -0.4 is 20.1 Å². The molecule has 0 saturated carbocycles. The van der Waals surface area contributed by atoms with Crippen molar-refractivity contribution in [3.8, 4) is 11.5 Å². The highest BCUT2D eigenvalue weighted by Crippen LogP contribution is 2.19. The molecular formula is C18H28N2O6. The quantitative estimate of drug-likeness (QED) is 0.381. The van der Waals surface area contributed by atoms with Crippen LogP contribution in [-0.4, -0.2) is 51.7 Å². The molecular weight excluding hydrogens is 340 g/mol. The maximum Gasteiger partial charge on any atom is 0.221 e. The molecule has 0 aromatic heterocycles. The minimum atomic E-state index is -0.0486. The molecule has 1 rings (SSSR count). The molecule has 146 valence electrons. The zero-order chi connectivity index (χ0) is 19.0. The molecule has 0 aliphatic carbocycles. The van der Waals surface area contributed by atoms with Crippen LogP contribution in [0.1, 0.15) is 26.7 Å². The fraction of sp³-hybridized carbons (Fsp3) is 0.556. The number of carbonyl (C=O) groups excluding carboxylic acids is 2. The molecule has 1 aromatic carbocycles. The van der Waals surface area contributed by atoms with Gasteiger partial charge in [0.2, 0.25) is 11.8 Å². The van der Waals surface area contributed by atoms with E-state index in [0.29, 0.717) is 50.8 Å². The first kappa shape index (κ1) is 21.7. The van der Waals surface area contributed by atoms with E-state index in [0.717, 1.165) is 0 Å². The molecule has 0 heterocycles. The monoisotopic (exact) mass is 368 g/mol. The molecule has 0 aliphatic rings. The third-order valence-corrected chi connectivity index (χ3v) is 3.18. The number of amides is 2. The Morgan fingerprint density at radius 3 is 1.69 bits per heavy atom. The van der Waals surface area contributed by atoms with E-state index in [4.69, 9.17) is 18.9 Å². The van der Waals surface area contributed by atoms with Crippen LogP contribution in [0.3, 0.4) is 0 Å². The standard InChI is InChI=1S/C18H28N2O6/c1-3-17(21)19-13-23-8-10-25-15-6-5-7-16(12-15)26-11-9-24-14-20-18(22)4-2/h5-7,12H,3-4,8-11,13-14H2,1-2H3,(H,19,21)(H,20,22). The Balaban J connectivity index is 2.12. The maximum atomic E-state index is 11.0. The lowest BCUT2D eigenvalue weighted by Crippen LogP contribution is -2.26. The average Bonchev–Trinajstić information content (AvgIpc) is 2.67. The van der Waals surface area contributed by atoms with Crippen LogP contribution in [0.5, 0.6) is 11.5 Å². The van der Waals surface area contributed by atoms with Crippen LogP contribution in [0.2, 0.25) is 0 Å². The summed E-state index contributed by atoms with van der Waals surface area (Å²) in [6.45, 7) is 5.39. The summed E-state index contributed by atoms with van der Waals surface area (Å²) in [7, 11) is 0. The SMILES string of the molecule is CCC(=O)NCOCCOc1cccc(OCCOCNC(=O)CC)c1. The predicted molar refractivity (Wildman–Crippen MR) is 95.9 cm³/mol. The lowest BCUT2D eigenvalue weighted by Gasteiger charge is -2.10. The lowest BCUT2D eigenvalue weighted by atomic mass is 10.3. The smallest absolute Gasteiger partial charge is 0.221 e. The van der Waals surface area contributed by atoms with Gasteiger partial charge in [-0.3, -0.25) is 9.59 Å². The molecule has 0 bridgehead atoms. The number of ether oxygens (including phenoxy) is 4. The van der Waals surface area contributed by atoms with Gasteiger partial charge in [-0.1, -0.05) is 19.9 Å². The Bertz CT molecular complexity index is 495. The third kappa shape index (κ3) is 10.5. The molecule has 0 radical (unpaired) electrons. The van der Waals surface area contributed by atoms with Crippen LogP contribution in [-0.2, 0) is 19.1 Å². The number of hydrogen-bond acceptors (Lipinski definition) is 6. The van der Waals surface area contributed by atoms with Crippen LogP contribution in [0.15, 0.2) is 24.3 Å². The van der Waals surface area contributed by atoms with Crippen molar-refractivity contribution >= 4 is 11.8 Å². The van der Waals surface area contributed by atoms with Gasteiger partial charge in [0.25, 0.3) is 0 Å². The molecule has 1 aromatic rings. The summed E-state index contributed by atoms with van der Waals surface area (Å²) in [4.78, 5) is 22.1. The van der Waals surface area contributed by atoms with Crippen molar-refractivity contribution in [2.45, 2.75) is 26.7 Å². The van der Waals surface area contributed by atoms with Gasteiger partial charge >= 0.3 is 0 Å². The van der Waals surface area contributed by atoms with Gasteiger partial charge in [0, 0.05) is 18.9 Å². The van der Waals surface area contributed by atoms with E-state index in [-0.39, 0.29) is 25.3 Å². The Morgan fingerprint density at radius 1 is 0.808 bits per heavy atom. The zero-order valence-corrected chi connectivity index (χ0v) is 15.4. The maximum absolute atomic E-state index is 11.0. The summed E-state index contributed by atoms with van der Waals surface area (Å²) in [6, 6.07) is 7.25. The van der Waals surface area contributed by atoms with Crippen LogP contribution in [0, 0.1) is 0 Å².